The molecule has 1 aliphatic rings. The zero-order valence-corrected chi connectivity index (χ0v) is 16.6. The second-order valence-electron chi connectivity index (χ2n) is 6.93. The number of benzene rings is 1. The van der Waals surface area contributed by atoms with Crippen molar-refractivity contribution in [3.8, 4) is 0 Å². The number of piperazine rings is 1. The molecular formula is C20H25N5OS. The Labute approximate surface area is 163 Å². The molecule has 1 fully saturated rings. The van der Waals surface area contributed by atoms with Crippen LogP contribution < -0.4 is 5.32 Å². The van der Waals surface area contributed by atoms with Gasteiger partial charge in [0, 0.05) is 38.9 Å². The number of thiophene rings is 1. The van der Waals surface area contributed by atoms with Crippen LogP contribution in [0.2, 0.25) is 0 Å². The molecule has 4 rings (SSSR count). The van der Waals surface area contributed by atoms with Gasteiger partial charge in [0.15, 0.2) is 0 Å². The molecule has 0 spiro atoms. The lowest BCUT2D eigenvalue weighted by atomic mass is 10.2. The number of carbonyl (C=O) groups excluding carboxylic acids is 1. The van der Waals surface area contributed by atoms with Crippen molar-refractivity contribution < 1.29 is 4.79 Å². The van der Waals surface area contributed by atoms with Crippen molar-refractivity contribution in [3.63, 3.8) is 0 Å². The summed E-state index contributed by atoms with van der Waals surface area (Å²) in [5.74, 6) is 0.992. The Morgan fingerprint density at radius 3 is 2.67 bits per heavy atom. The summed E-state index contributed by atoms with van der Waals surface area (Å²) in [5.41, 5.74) is 2.79. The van der Waals surface area contributed by atoms with E-state index in [2.05, 4.69) is 33.7 Å². The number of aromatic nitrogens is 2. The Morgan fingerprint density at radius 1 is 1.19 bits per heavy atom. The fourth-order valence-corrected chi connectivity index (χ4v) is 4.15. The van der Waals surface area contributed by atoms with Crippen molar-refractivity contribution in [2.24, 2.45) is 7.05 Å². The highest BCUT2D eigenvalue weighted by atomic mass is 32.1. The molecule has 1 aliphatic heterocycles. The van der Waals surface area contributed by atoms with Crippen molar-refractivity contribution in [2.45, 2.75) is 13.5 Å². The minimum absolute atomic E-state index is 0.0747. The molecule has 6 nitrogen and oxygen atoms in total. The number of nitrogens with one attached hydrogen (secondary N) is 1. The van der Waals surface area contributed by atoms with Crippen LogP contribution >= 0.6 is 11.3 Å². The Morgan fingerprint density at radius 2 is 1.96 bits per heavy atom. The summed E-state index contributed by atoms with van der Waals surface area (Å²) >= 11 is 1.44. The Bertz CT molecular complexity index is 925. The molecule has 0 bridgehead atoms. The maximum absolute atomic E-state index is 12.3. The monoisotopic (exact) mass is 383 g/mol. The molecule has 0 saturated carbocycles. The van der Waals surface area contributed by atoms with Gasteiger partial charge in [0.2, 0.25) is 0 Å². The van der Waals surface area contributed by atoms with E-state index in [0.29, 0.717) is 4.88 Å². The van der Waals surface area contributed by atoms with Crippen LogP contribution in [0.5, 0.6) is 0 Å². The fraction of sp³-hybridized carbons (Fsp3) is 0.400. The second-order valence-corrected chi connectivity index (χ2v) is 7.88. The lowest BCUT2D eigenvalue weighted by Crippen LogP contribution is -2.45. The zero-order valence-electron chi connectivity index (χ0n) is 15.8. The van der Waals surface area contributed by atoms with Crippen LogP contribution in [0.1, 0.15) is 22.4 Å². The van der Waals surface area contributed by atoms with Gasteiger partial charge in [-0.15, -0.1) is 11.3 Å². The molecule has 142 valence electrons. The van der Waals surface area contributed by atoms with Gasteiger partial charge in [0.1, 0.15) is 5.82 Å². The SMILES string of the molecule is CCN1CCN(Cc2nc3cc(NC(=O)c4cccs4)ccc3n2C)CC1. The molecule has 0 aliphatic carbocycles. The summed E-state index contributed by atoms with van der Waals surface area (Å²) in [6.45, 7) is 8.62. The first-order chi connectivity index (χ1) is 13.1. The van der Waals surface area contributed by atoms with Crippen LogP contribution in [0.4, 0.5) is 5.69 Å². The first-order valence-corrected chi connectivity index (χ1v) is 10.3. The number of likely N-dealkylation sites (N-methyl/N-ethyl adjacent to an activating group) is 1. The Kier molecular flexibility index (Phi) is 5.24. The minimum Gasteiger partial charge on any atom is -0.330 e. The number of rotatable bonds is 5. The number of aryl methyl sites for hydroxylation is 1. The summed E-state index contributed by atoms with van der Waals surface area (Å²) < 4.78 is 2.16. The van der Waals surface area contributed by atoms with E-state index in [-0.39, 0.29) is 5.91 Å². The summed E-state index contributed by atoms with van der Waals surface area (Å²) in [7, 11) is 2.07. The van der Waals surface area contributed by atoms with Crippen molar-refractivity contribution in [2.75, 3.05) is 38.0 Å². The average molecular weight is 384 g/mol. The third-order valence-electron chi connectivity index (χ3n) is 5.25. The highest BCUT2D eigenvalue weighted by Gasteiger charge is 2.18. The molecule has 3 heterocycles. The fourth-order valence-electron chi connectivity index (χ4n) is 3.53. The van der Waals surface area contributed by atoms with Crippen LogP contribution in [0.3, 0.4) is 0 Å². The maximum Gasteiger partial charge on any atom is 0.265 e. The van der Waals surface area contributed by atoms with Gasteiger partial charge in [0.25, 0.3) is 5.91 Å². The zero-order chi connectivity index (χ0) is 18.8. The highest BCUT2D eigenvalue weighted by Crippen LogP contribution is 2.22. The van der Waals surface area contributed by atoms with E-state index in [1.54, 1.807) is 0 Å². The number of hydrogen-bond acceptors (Lipinski definition) is 5. The Balaban J connectivity index is 1.49. The number of imidazole rings is 1. The first kappa shape index (κ1) is 18.2. The normalized spacial score (nSPS) is 16.1. The third kappa shape index (κ3) is 3.90. The molecular weight excluding hydrogens is 358 g/mol. The summed E-state index contributed by atoms with van der Waals surface area (Å²) in [6.07, 6.45) is 0. The van der Waals surface area contributed by atoms with E-state index in [1.165, 1.54) is 11.3 Å². The highest BCUT2D eigenvalue weighted by molar-refractivity contribution is 7.12. The standard InChI is InChI=1S/C20H25N5OS/c1-3-24-8-10-25(11-9-24)14-19-22-16-13-15(6-7-17(16)23(19)2)21-20(26)18-5-4-12-27-18/h4-7,12-13H,3,8-11,14H2,1-2H3,(H,21,26). The van der Waals surface area contributed by atoms with Crippen molar-refractivity contribution in [3.05, 3.63) is 46.4 Å². The molecule has 0 unspecified atom stereocenters. The molecule has 1 N–H and O–H groups in total. The van der Waals surface area contributed by atoms with Crippen LogP contribution in [0.25, 0.3) is 11.0 Å². The molecule has 1 amide bonds. The molecule has 1 saturated heterocycles. The van der Waals surface area contributed by atoms with E-state index in [1.807, 2.05) is 35.7 Å². The number of nitrogens with zero attached hydrogens (tertiary/aromatic N) is 4. The van der Waals surface area contributed by atoms with Gasteiger partial charge in [-0.05, 0) is 36.2 Å². The van der Waals surface area contributed by atoms with E-state index >= 15 is 0 Å². The van der Waals surface area contributed by atoms with Crippen LogP contribution in [0, 0.1) is 0 Å². The predicted molar refractivity (Wildman–Crippen MR) is 110 cm³/mol. The van der Waals surface area contributed by atoms with Crippen molar-refractivity contribution in [1.82, 2.24) is 19.4 Å². The number of fused-ring (bicyclic) bond motifs is 1. The van der Waals surface area contributed by atoms with Gasteiger partial charge in [-0.25, -0.2) is 4.98 Å². The van der Waals surface area contributed by atoms with Crippen LogP contribution in [-0.2, 0) is 13.6 Å². The molecule has 2 aromatic heterocycles. The maximum atomic E-state index is 12.3. The van der Waals surface area contributed by atoms with Crippen molar-refractivity contribution >= 4 is 34.0 Å². The lowest BCUT2D eigenvalue weighted by molar-refractivity contribution is 0.103. The predicted octanol–water partition coefficient (Wildman–Crippen LogP) is 3.02. The molecule has 3 aromatic rings. The first-order valence-electron chi connectivity index (χ1n) is 9.39. The molecule has 7 heteroatoms. The van der Waals surface area contributed by atoms with Gasteiger partial charge in [0.05, 0.1) is 22.5 Å². The van der Waals surface area contributed by atoms with Crippen LogP contribution in [0.15, 0.2) is 35.7 Å². The van der Waals surface area contributed by atoms with Gasteiger partial charge >= 0.3 is 0 Å². The van der Waals surface area contributed by atoms with Gasteiger partial charge in [-0.1, -0.05) is 13.0 Å². The van der Waals surface area contributed by atoms with Crippen molar-refractivity contribution in [1.29, 1.82) is 0 Å². The number of hydrogen-bond donors (Lipinski definition) is 1. The van der Waals surface area contributed by atoms with E-state index in [4.69, 9.17) is 4.98 Å². The smallest absolute Gasteiger partial charge is 0.265 e. The van der Waals surface area contributed by atoms with E-state index in [9.17, 15) is 4.79 Å². The van der Waals surface area contributed by atoms with E-state index < -0.39 is 0 Å². The third-order valence-corrected chi connectivity index (χ3v) is 6.12. The summed E-state index contributed by atoms with van der Waals surface area (Å²) in [6, 6.07) is 9.65. The Hall–Kier alpha value is -2.22. The molecule has 0 radical (unpaired) electrons. The number of carbonyl (C=O) groups is 1. The van der Waals surface area contributed by atoms with Gasteiger partial charge in [-0.2, -0.15) is 0 Å². The summed E-state index contributed by atoms with van der Waals surface area (Å²) in [4.78, 5) is 22.8. The average Bonchev–Trinajstić information content (AvgIpc) is 3.32. The quantitative estimate of drug-likeness (QED) is 0.736. The van der Waals surface area contributed by atoms with Gasteiger partial charge < -0.3 is 14.8 Å². The molecule has 1 aromatic carbocycles. The molecule has 27 heavy (non-hydrogen) atoms. The lowest BCUT2D eigenvalue weighted by Gasteiger charge is -2.33. The van der Waals surface area contributed by atoms with Crippen LogP contribution in [-0.4, -0.2) is 58.0 Å². The minimum atomic E-state index is -0.0747. The second kappa shape index (κ2) is 7.80. The number of anilines is 1. The van der Waals surface area contributed by atoms with E-state index in [0.717, 1.165) is 61.8 Å². The molecule has 0 atom stereocenters. The topological polar surface area (TPSA) is 53.4 Å². The van der Waals surface area contributed by atoms with Gasteiger partial charge in [-0.3, -0.25) is 9.69 Å². The summed E-state index contributed by atoms with van der Waals surface area (Å²) in [5, 5.41) is 4.87. The number of amides is 1. The largest absolute Gasteiger partial charge is 0.330 e.